The molecule has 4 nitrogen and oxygen atoms in total. The van der Waals surface area contributed by atoms with Crippen LogP contribution in [-0.2, 0) is 0 Å². The van der Waals surface area contributed by atoms with Gasteiger partial charge in [-0.1, -0.05) is 41.9 Å². The number of benzene rings is 2. The molecular weight excluding hydrogens is 263 g/mol. The molecule has 2 aromatic carbocycles. The lowest BCUT2D eigenvalue weighted by Gasteiger charge is -2.17. The van der Waals surface area contributed by atoms with Crippen molar-refractivity contribution in [2.24, 2.45) is 0 Å². The van der Waals surface area contributed by atoms with Crippen molar-refractivity contribution in [3.63, 3.8) is 0 Å². The second-order valence-corrected chi connectivity index (χ2v) is 5.14. The number of nitrogens with zero attached hydrogens (tertiary/aromatic N) is 2. The fourth-order valence-electron chi connectivity index (χ4n) is 2.48. The Morgan fingerprint density at radius 3 is 2.62 bits per heavy atom. The molecule has 0 saturated carbocycles. The summed E-state index contributed by atoms with van der Waals surface area (Å²) in [6, 6.07) is 14.6. The summed E-state index contributed by atoms with van der Waals surface area (Å²) in [5.41, 5.74) is 2.15. The Kier molecular flexibility index (Phi) is 3.35. The van der Waals surface area contributed by atoms with E-state index >= 15 is 0 Å². The first kappa shape index (κ1) is 13.6. The van der Waals surface area contributed by atoms with Crippen LogP contribution in [0.25, 0.3) is 10.9 Å². The Morgan fingerprint density at radius 2 is 1.90 bits per heavy atom. The van der Waals surface area contributed by atoms with Crippen molar-refractivity contribution in [1.82, 2.24) is 9.55 Å². The van der Waals surface area contributed by atoms with Crippen LogP contribution in [0.4, 0.5) is 0 Å². The lowest BCUT2D eigenvalue weighted by Crippen LogP contribution is -2.29. The maximum Gasteiger partial charge on any atom is 0.263 e. The summed E-state index contributed by atoms with van der Waals surface area (Å²) in [5, 5.41) is 11.0. The van der Waals surface area contributed by atoms with Gasteiger partial charge in [-0.2, -0.15) is 0 Å². The molecule has 1 unspecified atom stereocenters. The first-order valence-corrected chi connectivity index (χ1v) is 6.80. The van der Waals surface area contributed by atoms with Gasteiger partial charge in [0.05, 0.1) is 10.9 Å². The Morgan fingerprint density at radius 1 is 1.19 bits per heavy atom. The highest BCUT2D eigenvalue weighted by molar-refractivity contribution is 6.33. The van der Waals surface area contributed by atoms with Crippen molar-refractivity contribution in [3.05, 3.63) is 70.3 Å². The average Bonchev–Trinajstić information content (AvgIpc) is 2.47. The number of aliphatic hydroxyl groups excluding tert-OH is 1. The van der Waals surface area contributed by atoms with E-state index in [1.807, 2.05) is 38.2 Å². The summed E-state index contributed by atoms with van der Waals surface area (Å²) in [7, 11) is 1.96. The van der Waals surface area contributed by atoms with E-state index in [1.165, 1.54) is 4.57 Å². The second kappa shape index (κ2) is 5.18. The predicted octanol–water partition coefficient (Wildman–Crippen LogP) is 0.503. The molecule has 1 heterocycles. The lowest BCUT2D eigenvalue weighted by molar-refractivity contribution is 0.139. The molecule has 0 amide bonds. The maximum atomic E-state index is 12.6. The normalized spacial score (nSPS) is 12.5. The van der Waals surface area contributed by atoms with Crippen LogP contribution in [0.2, 0.25) is 0 Å². The predicted molar refractivity (Wildman–Crippen MR) is 85.7 cm³/mol. The van der Waals surface area contributed by atoms with Crippen LogP contribution in [0.1, 0.15) is 17.6 Å². The van der Waals surface area contributed by atoms with E-state index in [0.29, 0.717) is 22.3 Å². The largest absolute Gasteiger partial charge is 0.369 e. The first-order chi connectivity index (χ1) is 10.1. The Labute approximate surface area is 123 Å². The molecule has 0 fully saturated rings. The third-order valence-corrected chi connectivity index (χ3v) is 3.58. The van der Waals surface area contributed by atoms with Gasteiger partial charge >= 0.3 is 0 Å². The number of fused-ring (bicyclic) bond motifs is 1. The van der Waals surface area contributed by atoms with Crippen LogP contribution < -0.4 is 11.0 Å². The molecule has 3 rings (SSSR count). The molecule has 0 spiro atoms. The molecule has 0 bridgehead atoms. The Balaban J connectivity index is 2.24. The van der Waals surface area contributed by atoms with E-state index < -0.39 is 6.23 Å². The van der Waals surface area contributed by atoms with Crippen molar-refractivity contribution in [2.75, 3.05) is 0 Å². The minimum atomic E-state index is -1.03. The highest BCUT2D eigenvalue weighted by Crippen LogP contribution is 2.16. The smallest absolute Gasteiger partial charge is 0.263 e. The Bertz CT molecular complexity index is 859. The minimum Gasteiger partial charge on any atom is -0.369 e. The third kappa shape index (κ3) is 2.36. The monoisotopic (exact) mass is 278 g/mol. The van der Waals surface area contributed by atoms with Crippen LogP contribution in [0.15, 0.2) is 53.3 Å². The molecule has 3 aromatic rings. The molecule has 0 aliphatic heterocycles. The van der Waals surface area contributed by atoms with Gasteiger partial charge in [-0.05, 0) is 19.1 Å². The molecule has 1 aromatic heterocycles. The van der Waals surface area contributed by atoms with Crippen molar-refractivity contribution in [1.29, 1.82) is 0 Å². The van der Waals surface area contributed by atoms with Gasteiger partial charge in [-0.3, -0.25) is 9.36 Å². The van der Waals surface area contributed by atoms with E-state index in [2.05, 4.69) is 4.98 Å². The van der Waals surface area contributed by atoms with E-state index in [9.17, 15) is 9.90 Å². The van der Waals surface area contributed by atoms with Gasteiger partial charge in [0.1, 0.15) is 13.7 Å². The highest BCUT2D eigenvalue weighted by Gasteiger charge is 2.16. The molecule has 0 aliphatic rings. The summed E-state index contributed by atoms with van der Waals surface area (Å²) >= 11 is 0. The van der Waals surface area contributed by atoms with E-state index in [4.69, 9.17) is 0 Å². The number of rotatable bonds is 2. The maximum absolute atomic E-state index is 12.6. The van der Waals surface area contributed by atoms with E-state index in [-0.39, 0.29) is 5.56 Å². The fraction of sp³-hybridized carbons (Fsp3) is 0.125. The summed E-state index contributed by atoms with van der Waals surface area (Å²) in [5.74, 6) is 0.495. The van der Waals surface area contributed by atoms with Gasteiger partial charge in [-0.15, -0.1) is 0 Å². The van der Waals surface area contributed by atoms with Crippen molar-refractivity contribution < 1.29 is 5.11 Å². The molecule has 0 saturated heterocycles. The topological polar surface area (TPSA) is 55.1 Å². The lowest BCUT2D eigenvalue weighted by atomic mass is 9.95. The van der Waals surface area contributed by atoms with Crippen LogP contribution in [-0.4, -0.2) is 22.5 Å². The second-order valence-electron chi connectivity index (χ2n) is 5.14. The minimum absolute atomic E-state index is 0.228. The molecule has 1 N–H and O–H groups in total. The standard InChI is InChI=1S/C16H15BN2O2/c1-10-18-14-9-12(17)7-8-13(14)16(21)19(10)15(20)11-5-3-2-4-6-11/h2-9,15,20H,17H2,1H3. The van der Waals surface area contributed by atoms with Gasteiger partial charge in [0.2, 0.25) is 0 Å². The van der Waals surface area contributed by atoms with Crippen LogP contribution in [0.5, 0.6) is 0 Å². The van der Waals surface area contributed by atoms with Gasteiger partial charge in [-0.25, -0.2) is 4.98 Å². The fourth-order valence-corrected chi connectivity index (χ4v) is 2.48. The van der Waals surface area contributed by atoms with E-state index in [0.717, 1.165) is 5.46 Å². The average molecular weight is 278 g/mol. The van der Waals surface area contributed by atoms with Crippen LogP contribution >= 0.6 is 0 Å². The van der Waals surface area contributed by atoms with Crippen molar-refractivity contribution in [3.8, 4) is 0 Å². The molecule has 5 heteroatoms. The van der Waals surface area contributed by atoms with Gasteiger partial charge in [0.15, 0.2) is 6.23 Å². The quantitative estimate of drug-likeness (QED) is 0.695. The van der Waals surface area contributed by atoms with Gasteiger partial charge < -0.3 is 5.11 Å². The molecule has 21 heavy (non-hydrogen) atoms. The zero-order valence-corrected chi connectivity index (χ0v) is 11.9. The zero-order valence-electron chi connectivity index (χ0n) is 11.9. The van der Waals surface area contributed by atoms with Crippen LogP contribution in [0.3, 0.4) is 0 Å². The Hall–Kier alpha value is -2.40. The number of aromatic nitrogens is 2. The molecule has 104 valence electrons. The number of aryl methyl sites for hydroxylation is 1. The van der Waals surface area contributed by atoms with Gasteiger partial charge in [0, 0.05) is 5.56 Å². The highest BCUT2D eigenvalue weighted by atomic mass is 16.3. The molecule has 0 aliphatic carbocycles. The number of hydrogen-bond donors (Lipinski definition) is 1. The van der Waals surface area contributed by atoms with Gasteiger partial charge in [0.25, 0.3) is 5.56 Å². The SMILES string of the molecule is Bc1ccc2c(=O)n(C(O)c3ccccc3)c(C)nc2c1. The van der Waals surface area contributed by atoms with Crippen molar-refractivity contribution in [2.45, 2.75) is 13.2 Å². The summed E-state index contributed by atoms with van der Waals surface area (Å²) < 4.78 is 1.33. The third-order valence-electron chi connectivity index (χ3n) is 3.58. The summed E-state index contributed by atoms with van der Waals surface area (Å²) in [6.07, 6.45) is -1.03. The van der Waals surface area contributed by atoms with Crippen molar-refractivity contribution >= 4 is 24.2 Å². The molecular formula is C16H15BN2O2. The van der Waals surface area contributed by atoms with E-state index in [1.54, 1.807) is 25.1 Å². The number of hydrogen-bond acceptors (Lipinski definition) is 3. The first-order valence-electron chi connectivity index (χ1n) is 6.80. The molecule has 1 atom stereocenters. The summed E-state index contributed by atoms with van der Waals surface area (Å²) in [4.78, 5) is 17.1. The zero-order chi connectivity index (χ0) is 15.0. The van der Waals surface area contributed by atoms with Crippen LogP contribution in [0, 0.1) is 6.92 Å². The number of aliphatic hydroxyl groups is 1. The molecule has 0 radical (unpaired) electrons. The summed E-state index contributed by atoms with van der Waals surface area (Å²) in [6.45, 7) is 1.73.